The highest BCUT2D eigenvalue weighted by Gasteiger charge is 2.21. The van der Waals surface area contributed by atoms with Gasteiger partial charge in [0.2, 0.25) is 0 Å². The molecule has 23 heavy (non-hydrogen) atoms. The van der Waals surface area contributed by atoms with E-state index in [0.717, 1.165) is 29.7 Å². The van der Waals surface area contributed by atoms with Gasteiger partial charge < -0.3 is 4.90 Å². The Bertz CT molecular complexity index is 825. The van der Waals surface area contributed by atoms with Gasteiger partial charge in [0.05, 0.1) is 16.8 Å². The number of carbonyl (C=O) groups excluding carboxylic acids is 1. The third kappa shape index (κ3) is 3.11. The fourth-order valence-electron chi connectivity index (χ4n) is 3.11. The van der Waals surface area contributed by atoms with Crippen LogP contribution in [0.4, 0.5) is 5.13 Å². The average Bonchev–Trinajstić information content (AvgIpc) is 2.96. The molecule has 0 fully saturated rings. The molecule has 1 aliphatic rings. The van der Waals surface area contributed by atoms with Crippen molar-refractivity contribution < 1.29 is 9.69 Å². The Morgan fingerprint density at radius 1 is 1.13 bits per heavy atom. The predicted molar refractivity (Wildman–Crippen MR) is 92.8 cm³/mol. The number of quaternary nitrogens is 1. The minimum absolute atomic E-state index is 0.0402. The quantitative estimate of drug-likeness (QED) is 0.773. The second-order valence-corrected chi connectivity index (χ2v) is 6.94. The fourth-order valence-corrected chi connectivity index (χ4v) is 3.99. The number of para-hydroxylation sites is 1. The smallest absolute Gasteiger partial charge is 0.281 e. The summed E-state index contributed by atoms with van der Waals surface area (Å²) in [5.41, 5.74) is 3.72. The molecule has 1 atom stereocenters. The average molecular weight is 324 g/mol. The highest BCUT2D eigenvalue weighted by atomic mass is 32.1. The van der Waals surface area contributed by atoms with Gasteiger partial charge in [0.25, 0.3) is 5.91 Å². The minimum atomic E-state index is 0.0402. The summed E-state index contributed by atoms with van der Waals surface area (Å²) in [4.78, 5) is 18.1. The number of benzene rings is 2. The number of anilines is 1. The maximum atomic E-state index is 12.3. The van der Waals surface area contributed by atoms with Gasteiger partial charge in [0, 0.05) is 12.0 Å². The van der Waals surface area contributed by atoms with E-state index in [1.54, 1.807) is 0 Å². The summed E-state index contributed by atoms with van der Waals surface area (Å²) in [7, 11) is 0. The maximum Gasteiger partial charge on any atom is 0.281 e. The molecule has 4 rings (SSSR count). The molecule has 1 amide bonds. The van der Waals surface area contributed by atoms with Crippen molar-refractivity contribution in [3.8, 4) is 0 Å². The molecular formula is C18H18N3OS+. The van der Waals surface area contributed by atoms with E-state index >= 15 is 0 Å². The van der Waals surface area contributed by atoms with Gasteiger partial charge in [-0.15, -0.1) is 0 Å². The summed E-state index contributed by atoms with van der Waals surface area (Å²) in [6, 6.07) is 16.5. The first-order chi connectivity index (χ1) is 11.3. The Kier molecular flexibility index (Phi) is 3.81. The van der Waals surface area contributed by atoms with Crippen LogP contribution in [0.15, 0.2) is 48.5 Å². The zero-order chi connectivity index (χ0) is 15.6. The van der Waals surface area contributed by atoms with E-state index in [4.69, 9.17) is 0 Å². The van der Waals surface area contributed by atoms with Gasteiger partial charge in [-0.2, -0.15) is 0 Å². The van der Waals surface area contributed by atoms with Gasteiger partial charge in [-0.1, -0.05) is 47.7 Å². The van der Waals surface area contributed by atoms with Gasteiger partial charge in [-0.3, -0.25) is 10.1 Å². The van der Waals surface area contributed by atoms with Crippen LogP contribution >= 0.6 is 11.3 Å². The molecule has 0 saturated heterocycles. The molecule has 2 heterocycles. The Hall–Kier alpha value is -2.24. The van der Waals surface area contributed by atoms with E-state index in [1.165, 1.54) is 27.4 Å². The van der Waals surface area contributed by atoms with Gasteiger partial charge in [-0.25, -0.2) is 4.98 Å². The van der Waals surface area contributed by atoms with Crippen LogP contribution in [-0.4, -0.2) is 24.0 Å². The molecule has 4 nitrogen and oxygen atoms in total. The molecule has 5 heteroatoms. The van der Waals surface area contributed by atoms with Crippen molar-refractivity contribution in [2.24, 2.45) is 0 Å². The highest BCUT2D eigenvalue weighted by Crippen LogP contribution is 2.25. The molecule has 2 N–H and O–H groups in total. The van der Waals surface area contributed by atoms with Crippen molar-refractivity contribution in [1.82, 2.24) is 4.98 Å². The van der Waals surface area contributed by atoms with Crippen molar-refractivity contribution in [3.05, 3.63) is 59.7 Å². The zero-order valence-corrected chi connectivity index (χ0v) is 13.5. The number of fused-ring (bicyclic) bond motifs is 2. The van der Waals surface area contributed by atoms with Crippen LogP contribution in [0.3, 0.4) is 0 Å². The maximum absolute atomic E-state index is 12.3. The third-order valence-corrected chi connectivity index (χ3v) is 5.21. The number of aromatic nitrogens is 1. The number of thiazole rings is 1. The zero-order valence-electron chi connectivity index (χ0n) is 12.7. The van der Waals surface area contributed by atoms with Crippen LogP contribution < -0.4 is 10.2 Å². The summed E-state index contributed by atoms with van der Waals surface area (Å²) in [6.07, 6.45) is 1.04. The summed E-state index contributed by atoms with van der Waals surface area (Å²) in [6.45, 7) is 2.41. The molecule has 1 aliphatic heterocycles. The number of amides is 1. The lowest BCUT2D eigenvalue weighted by Crippen LogP contribution is -3.12. The van der Waals surface area contributed by atoms with Crippen LogP contribution in [0.25, 0.3) is 10.2 Å². The van der Waals surface area contributed by atoms with E-state index in [9.17, 15) is 4.79 Å². The van der Waals surface area contributed by atoms with Crippen LogP contribution in [0.2, 0.25) is 0 Å². The van der Waals surface area contributed by atoms with Crippen LogP contribution in [-0.2, 0) is 17.8 Å². The van der Waals surface area contributed by atoms with Gasteiger partial charge in [0.15, 0.2) is 11.7 Å². The Morgan fingerprint density at radius 3 is 2.78 bits per heavy atom. The Morgan fingerprint density at radius 2 is 1.91 bits per heavy atom. The van der Waals surface area contributed by atoms with E-state index in [1.807, 2.05) is 24.3 Å². The van der Waals surface area contributed by atoms with Crippen LogP contribution in [0.5, 0.6) is 0 Å². The molecular weight excluding hydrogens is 306 g/mol. The number of nitrogens with one attached hydrogen (secondary N) is 2. The monoisotopic (exact) mass is 324 g/mol. The fraction of sp³-hybridized carbons (Fsp3) is 0.222. The highest BCUT2D eigenvalue weighted by molar-refractivity contribution is 7.22. The normalized spacial score (nSPS) is 17.0. The lowest BCUT2D eigenvalue weighted by Gasteiger charge is -2.25. The van der Waals surface area contributed by atoms with Crippen molar-refractivity contribution in [1.29, 1.82) is 0 Å². The molecule has 0 bridgehead atoms. The third-order valence-electron chi connectivity index (χ3n) is 4.26. The topological polar surface area (TPSA) is 46.4 Å². The van der Waals surface area contributed by atoms with E-state index in [0.29, 0.717) is 11.7 Å². The first kappa shape index (κ1) is 14.4. The minimum Gasteiger partial charge on any atom is -0.323 e. The molecule has 2 aromatic carbocycles. The van der Waals surface area contributed by atoms with Gasteiger partial charge in [-0.05, 0) is 17.7 Å². The van der Waals surface area contributed by atoms with E-state index in [-0.39, 0.29) is 5.91 Å². The van der Waals surface area contributed by atoms with E-state index in [2.05, 4.69) is 34.6 Å². The van der Waals surface area contributed by atoms with Crippen molar-refractivity contribution >= 4 is 32.6 Å². The van der Waals surface area contributed by atoms with Crippen LogP contribution in [0.1, 0.15) is 11.1 Å². The second-order valence-electron chi connectivity index (χ2n) is 5.91. The van der Waals surface area contributed by atoms with Gasteiger partial charge in [0.1, 0.15) is 6.54 Å². The number of carbonyl (C=O) groups is 1. The van der Waals surface area contributed by atoms with E-state index < -0.39 is 0 Å². The van der Waals surface area contributed by atoms with Crippen molar-refractivity contribution in [2.75, 3.05) is 18.4 Å². The number of hydrogen-bond donors (Lipinski definition) is 2. The molecule has 0 radical (unpaired) electrons. The molecule has 1 aromatic heterocycles. The predicted octanol–water partition coefficient (Wildman–Crippen LogP) is 1.88. The van der Waals surface area contributed by atoms with Crippen LogP contribution in [0, 0.1) is 0 Å². The molecule has 1 unspecified atom stereocenters. The molecule has 116 valence electrons. The standard InChI is InChI=1S/C18H17N3OS/c22-17(20-18-19-15-7-3-4-8-16(15)23-18)12-21-10-9-13-5-1-2-6-14(13)11-21/h1-8H,9-12H2,(H,19,20,22)/p+1. The summed E-state index contributed by atoms with van der Waals surface area (Å²) in [5, 5.41) is 3.64. The molecule has 3 aromatic rings. The lowest BCUT2D eigenvalue weighted by molar-refractivity contribution is -0.907. The first-order valence-corrected chi connectivity index (χ1v) is 8.65. The lowest BCUT2D eigenvalue weighted by atomic mass is 10.00. The summed E-state index contributed by atoms with van der Waals surface area (Å²) < 4.78 is 1.10. The SMILES string of the molecule is O=C(C[NH+]1CCc2ccccc2C1)Nc1nc2ccccc2s1. The first-order valence-electron chi connectivity index (χ1n) is 7.84. The Balaban J connectivity index is 1.40. The van der Waals surface area contributed by atoms with Crippen molar-refractivity contribution in [2.45, 2.75) is 13.0 Å². The largest absolute Gasteiger partial charge is 0.323 e. The second kappa shape index (κ2) is 6.10. The molecule has 0 spiro atoms. The number of hydrogen-bond acceptors (Lipinski definition) is 3. The number of nitrogens with zero attached hydrogens (tertiary/aromatic N) is 1. The molecule has 0 saturated carbocycles. The summed E-state index contributed by atoms with van der Waals surface area (Å²) in [5.74, 6) is 0.0402. The number of rotatable bonds is 3. The Labute approximate surface area is 138 Å². The molecule has 0 aliphatic carbocycles. The van der Waals surface area contributed by atoms with Gasteiger partial charge >= 0.3 is 0 Å². The van der Waals surface area contributed by atoms with Crippen molar-refractivity contribution in [3.63, 3.8) is 0 Å². The summed E-state index contributed by atoms with van der Waals surface area (Å²) >= 11 is 1.52.